The predicted molar refractivity (Wildman–Crippen MR) is 159 cm³/mol. The van der Waals surface area contributed by atoms with E-state index >= 15 is 0 Å². The summed E-state index contributed by atoms with van der Waals surface area (Å²) >= 11 is 13.0. The van der Waals surface area contributed by atoms with E-state index in [-0.39, 0.29) is 12.6 Å². The van der Waals surface area contributed by atoms with E-state index in [9.17, 15) is 9.18 Å². The third-order valence-corrected chi connectivity index (χ3v) is 8.20. The average Bonchev–Trinajstić information content (AvgIpc) is 3.30. The fourth-order valence-corrected chi connectivity index (χ4v) is 6.29. The molecule has 5 rings (SSSR count). The largest absolute Gasteiger partial charge is 0.465 e. The maximum atomic E-state index is 12.6. The number of likely N-dealkylation sites (tertiary alicyclic amines) is 1. The molecule has 4 nitrogen and oxygen atoms in total. The summed E-state index contributed by atoms with van der Waals surface area (Å²) in [5.41, 5.74) is 8.19. The van der Waals surface area contributed by atoms with E-state index in [1.54, 1.807) is 6.07 Å². The van der Waals surface area contributed by atoms with Crippen LogP contribution in [0, 0.1) is 0 Å². The number of carbonyl (C=O) groups excluding carboxylic acids is 1. The zero-order chi connectivity index (χ0) is 27.4. The molecule has 1 aliphatic carbocycles. The minimum Gasteiger partial charge on any atom is -0.465 e. The molecule has 0 amide bonds. The Hall–Kier alpha value is -2.86. The standard InChI is InChI=1S/C32H33Cl2FN2O2/c1-39-32(38)23-8-12-27-22(18-23)4-2-5-29(28-13-9-24(33)19-30(28)34)31(27)21-6-10-25(11-7-21)36-26-14-17-37(20-26)16-3-15-35/h6-13,18-19,26,36H,2-5,14-17,20H2,1H3/t26-/m0/s1. The van der Waals surface area contributed by atoms with Gasteiger partial charge in [-0.1, -0.05) is 47.5 Å². The van der Waals surface area contributed by atoms with Gasteiger partial charge >= 0.3 is 5.97 Å². The molecule has 1 atom stereocenters. The van der Waals surface area contributed by atoms with Crippen molar-refractivity contribution in [2.24, 2.45) is 0 Å². The SMILES string of the molecule is COC(=O)c1ccc2c(c1)CCCC(c1ccc(Cl)cc1Cl)=C2c1ccc(N[C@H]2CCN(CCCF)C2)cc1. The third kappa shape index (κ3) is 6.32. The molecule has 1 saturated heterocycles. The number of nitrogens with one attached hydrogen (secondary N) is 1. The Kier molecular flexibility index (Phi) is 8.91. The molecule has 1 N–H and O–H groups in total. The van der Waals surface area contributed by atoms with Crippen LogP contribution in [0.2, 0.25) is 10.0 Å². The van der Waals surface area contributed by atoms with Gasteiger partial charge in [0.15, 0.2) is 0 Å². The number of carbonyl (C=O) groups is 1. The molecule has 3 aromatic rings. The summed E-state index contributed by atoms with van der Waals surface area (Å²) in [6.07, 6.45) is 4.26. The number of benzene rings is 3. The van der Waals surface area contributed by atoms with Gasteiger partial charge in [0.05, 0.1) is 19.3 Å². The van der Waals surface area contributed by atoms with Crippen molar-refractivity contribution in [2.75, 3.05) is 38.7 Å². The van der Waals surface area contributed by atoms with Crippen LogP contribution in [0.1, 0.15) is 58.3 Å². The summed E-state index contributed by atoms with van der Waals surface area (Å²) < 4.78 is 17.5. The molecule has 0 saturated carbocycles. The molecule has 1 heterocycles. The van der Waals surface area contributed by atoms with Crippen LogP contribution in [-0.4, -0.2) is 50.3 Å². The molecular weight excluding hydrogens is 534 g/mol. The van der Waals surface area contributed by atoms with Crippen molar-refractivity contribution >= 4 is 46.0 Å². The molecule has 0 aromatic heterocycles. The van der Waals surface area contributed by atoms with Gasteiger partial charge in [-0.05, 0) is 102 Å². The maximum Gasteiger partial charge on any atom is 0.337 e. The highest BCUT2D eigenvalue weighted by Gasteiger charge is 2.24. The summed E-state index contributed by atoms with van der Waals surface area (Å²) in [7, 11) is 1.41. The van der Waals surface area contributed by atoms with E-state index < -0.39 is 0 Å². The van der Waals surface area contributed by atoms with Crippen molar-refractivity contribution < 1.29 is 13.9 Å². The second kappa shape index (κ2) is 12.5. The second-order valence-electron chi connectivity index (χ2n) is 10.2. The van der Waals surface area contributed by atoms with Crippen LogP contribution in [0.15, 0.2) is 60.7 Å². The second-order valence-corrected chi connectivity index (χ2v) is 11.1. The molecule has 2 aliphatic rings. The zero-order valence-electron chi connectivity index (χ0n) is 22.1. The maximum absolute atomic E-state index is 12.6. The van der Waals surface area contributed by atoms with Gasteiger partial charge in [0, 0.05) is 41.4 Å². The van der Waals surface area contributed by atoms with Gasteiger partial charge < -0.3 is 15.0 Å². The summed E-state index contributed by atoms with van der Waals surface area (Å²) in [4.78, 5) is 14.6. The van der Waals surface area contributed by atoms with Crippen LogP contribution in [0.5, 0.6) is 0 Å². The smallest absolute Gasteiger partial charge is 0.337 e. The first-order valence-electron chi connectivity index (χ1n) is 13.5. The van der Waals surface area contributed by atoms with Crippen molar-refractivity contribution in [3.8, 4) is 0 Å². The van der Waals surface area contributed by atoms with Gasteiger partial charge in [0.2, 0.25) is 0 Å². The molecule has 0 unspecified atom stereocenters. The van der Waals surface area contributed by atoms with E-state index in [2.05, 4.69) is 34.5 Å². The Morgan fingerprint density at radius 3 is 2.59 bits per heavy atom. The number of allylic oxidation sites excluding steroid dienone is 1. The zero-order valence-corrected chi connectivity index (χ0v) is 23.6. The van der Waals surface area contributed by atoms with E-state index in [4.69, 9.17) is 27.9 Å². The highest BCUT2D eigenvalue weighted by Crippen LogP contribution is 2.42. The predicted octanol–water partition coefficient (Wildman–Crippen LogP) is 7.92. The minimum absolute atomic E-state index is 0.262. The van der Waals surface area contributed by atoms with E-state index in [0.29, 0.717) is 28.1 Å². The Morgan fingerprint density at radius 1 is 1.05 bits per heavy atom. The van der Waals surface area contributed by atoms with Crippen molar-refractivity contribution in [2.45, 2.75) is 38.1 Å². The number of anilines is 1. The summed E-state index contributed by atoms with van der Waals surface area (Å²) in [5, 5.41) is 4.89. The van der Waals surface area contributed by atoms with E-state index in [1.807, 2.05) is 30.3 Å². The molecule has 0 bridgehead atoms. The fraction of sp³-hybridized carbons (Fsp3) is 0.344. The Morgan fingerprint density at radius 2 is 1.85 bits per heavy atom. The molecule has 204 valence electrons. The number of aryl methyl sites for hydroxylation is 1. The lowest BCUT2D eigenvalue weighted by Crippen LogP contribution is -2.27. The van der Waals surface area contributed by atoms with Crippen LogP contribution >= 0.6 is 23.2 Å². The lowest BCUT2D eigenvalue weighted by molar-refractivity contribution is 0.0600. The van der Waals surface area contributed by atoms with Crippen molar-refractivity contribution in [3.63, 3.8) is 0 Å². The number of methoxy groups -OCH3 is 1. The normalized spacial score (nSPS) is 17.6. The molecule has 0 spiro atoms. The lowest BCUT2D eigenvalue weighted by Gasteiger charge is -2.19. The van der Waals surface area contributed by atoms with Gasteiger partial charge in [-0.2, -0.15) is 0 Å². The van der Waals surface area contributed by atoms with Crippen molar-refractivity contribution in [1.82, 2.24) is 4.90 Å². The summed E-state index contributed by atoms with van der Waals surface area (Å²) in [6.45, 7) is 2.48. The molecule has 1 aliphatic heterocycles. The van der Waals surface area contributed by atoms with Crippen molar-refractivity contribution in [1.29, 1.82) is 0 Å². The van der Waals surface area contributed by atoms with Gasteiger partial charge in [-0.25, -0.2) is 4.79 Å². The number of rotatable bonds is 8. The number of esters is 1. The van der Waals surface area contributed by atoms with Crippen LogP contribution in [0.25, 0.3) is 11.1 Å². The third-order valence-electron chi connectivity index (χ3n) is 7.65. The average molecular weight is 568 g/mol. The quantitative estimate of drug-likeness (QED) is 0.281. The molecular formula is C32H33Cl2FN2O2. The van der Waals surface area contributed by atoms with Gasteiger partial charge in [0.1, 0.15) is 0 Å². The molecule has 1 fully saturated rings. The highest BCUT2D eigenvalue weighted by atomic mass is 35.5. The first-order chi connectivity index (χ1) is 19.0. The Bertz CT molecular complexity index is 1370. The number of nitrogens with zero attached hydrogens (tertiary/aromatic N) is 1. The number of hydrogen-bond acceptors (Lipinski definition) is 4. The number of hydrogen-bond donors (Lipinski definition) is 1. The highest BCUT2D eigenvalue weighted by molar-refractivity contribution is 6.36. The monoisotopic (exact) mass is 566 g/mol. The van der Waals surface area contributed by atoms with Crippen LogP contribution in [0.4, 0.5) is 10.1 Å². The van der Waals surface area contributed by atoms with E-state index in [0.717, 1.165) is 78.8 Å². The number of fused-ring (bicyclic) bond motifs is 1. The van der Waals surface area contributed by atoms with Gasteiger partial charge in [0.25, 0.3) is 0 Å². The molecule has 0 radical (unpaired) electrons. The summed E-state index contributed by atoms with van der Waals surface area (Å²) in [5.74, 6) is -0.334. The fourth-order valence-electron chi connectivity index (χ4n) is 5.77. The topological polar surface area (TPSA) is 41.6 Å². The van der Waals surface area contributed by atoms with E-state index in [1.165, 1.54) is 12.7 Å². The summed E-state index contributed by atoms with van der Waals surface area (Å²) in [6, 6.07) is 20.4. The first-order valence-corrected chi connectivity index (χ1v) is 14.3. The molecule has 39 heavy (non-hydrogen) atoms. The minimum atomic E-state index is -0.334. The van der Waals surface area contributed by atoms with Gasteiger partial charge in [-0.3, -0.25) is 4.39 Å². The van der Waals surface area contributed by atoms with Crippen LogP contribution in [-0.2, 0) is 11.2 Å². The molecule has 7 heteroatoms. The first kappa shape index (κ1) is 27.7. The van der Waals surface area contributed by atoms with Crippen LogP contribution in [0.3, 0.4) is 0 Å². The number of alkyl halides is 1. The van der Waals surface area contributed by atoms with Gasteiger partial charge in [-0.15, -0.1) is 0 Å². The lowest BCUT2D eigenvalue weighted by atomic mass is 9.87. The Balaban J connectivity index is 1.51. The van der Waals surface area contributed by atoms with Crippen molar-refractivity contribution in [3.05, 3.63) is 98.5 Å². The van der Waals surface area contributed by atoms with Crippen LogP contribution < -0.4 is 5.32 Å². The Labute approximate surface area is 239 Å². The number of ether oxygens (including phenoxy) is 1. The number of halogens is 3. The molecule has 3 aromatic carbocycles.